The van der Waals surface area contributed by atoms with Crippen LogP contribution in [0.25, 0.3) is 10.9 Å². The maximum Gasteiger partial charge on any atom is 0.237 e. The molecule has 0 aliphatic rings. The Morgan fingerprint density at radius 1 is 1.32 bits per heavy atom. The van der Waals surface area contributed by atoms with E-state index in [9.17, 15) is 5.26 Å². The third-order valence-corrected chi connectivity index (χ3v) is 3.96. The van der Waals surface area contributed by atoms with Crippen LogP contribution in [-0.4, -0.2) is 10.8 Å². The van der Waals surface area contributed by atoms with Crippen LogP contribution in [0.4, 0.5) is 5.88 Å². The van der Waals surface area contributed by atoms with Crippen molar-refractivity contribution < 1.29 is 4.42 Å². The molecule has 0 unspecified atom stereocenters. The van der Waals surface area contributed by atoms with E-state index in [1.807, 2.05) is 26.0 Å². The second-order valence-corrected chi connectivity index (χ2v) is 5.22. The summed E-state index contributed by atoms with van der Waals surface area (Å²) in [6.45, 7) is 6.73. The first kappa shape index (κ1) is 14.2. The molecule has 0 spiro atoms. The van der Waals surface area contributed by atoms with Crippen molar-refractivity contribution in [2.24, 2.45) is 4.99 Å². The van der Waals surface area contributed by atoms with Crippen molar-refractivity contribution in [3.63, 3.8) is 0 Å². The summed E-state index contributed by atoms with van der Waals surface area (Å²) in [5.41, 5.74) is 3.56. The van der Waals surface area contributed by atoms with Crippen LogP contribution >= 0.6 is 0 Å². The number of benzene rings is 1. The van der Waals surface area contributed by atoms with E-state index in [-0.39, 0.29) is 0 Å². The van der Waals surface area contributed by atoms with E-state index in [2.05, 4.69) is 40.9 Å². The minimum atomic E-state index is 0.380. The van der Waals surface area contributed by atoms with Gasteiger partial charge in [0.05, 0.1) is 0 Å². The number of aromatic nitrogens is 1. The molecule has 0 saturated heterocycles. The van der Waals surface area contributed by atoms with Gasteiger partial charge in [-0.2, -0.15) is 5.26 Å². The monoisotopic (exact) mass is 291 g/mol. The molecule has 0 N–H and O–H groups in total. The molecule has 22 heavy (non-hydrogen) atoms. The number of fused-ring (bicyclic) bond motifs is 1. The normalized spacial score (nSPS) is 11.4. The number of hydrogen-bond donors (Lipinski definition) is 0. The van der Waals surface area contributed by atoms with Gasteiger partial charge in [0, 0.05) is 41.0 Å². The molecule has 0 radical (unpaired) electrons. The maximum atomic E-state index is 9.24. The van der Waals surface area contributed by atoms with Crippen molar-refractivity contribution in [1.29, 1.82) is 5.26 Å². The highest BCUT2D eigenvalue weighted by atomic mass is 16.4. The van der Waals surface area contributed by atoms with E-state index in [0.29, 0.717) is 11.4 Å². The van der Waals surface area contributed by atoms with Crippen molar-refractivity contribution >= 4 is 23.0 Å². The molecule has 0 amide bonds. The van der Waals surface area contributed by atoms with Crippen molar-refractivity contribution in [2.75, 3.05) is 0 Å². The van der Waals surface area contributed by atoms with E-state index >= 15 is 0 Å². The lowest BCUT2D eigenvalue weighted by molar-refractivity contribution is 0.542. The van der Waals surface area contributed by atoms with Gasteiger partial charge in [0.1, 0.15) is 17.4 Å². The summed E-state index contributed by atoms with van der Waals surface area (Å²) in [4.78, 5) is 4.40. The first-order valence-electron chi connectivity index (χ1n) is 7.27. The molecule has 2 aromatic heterocycles. The summed E-state index contributed by atoms with van der Waals surface area (Å²) >= 11 is 0. The van der Waals surface area contributed by atoms with Gasteiger partial charge in [-0.05, 0) is 26.8 Å². The Bertz CT molecular complexity index is 906. The van der Waals surface area contributed by atoms with Crippen molar-refractivity contribution in [2.45, 2.75) is 27.3 Å². The summed E-state index contributed by atoms with van der Waals surface area (Å²) in [5, 5.41) is 10.4. The fourth-order valence-electron chi connectivity index (χ4n) is 2.60. The molecule has 2 heterocycles. The van der Waals surface area contributed by atoms with Crippen LogP contribution in [0.2, 0.25) is 0 Å². The molecular formula is C18H17N3O. The number of aliphatic imine (C=N–C) groups is 1. The van der Waals surface area contributed by atoms with E-state index in [1.54, 1.807) is 6.21 Å². The topological polar surface area (TPSA) is 54.2 Å². The van der Waals surface area contributed by atoms with Crippen LogP contribution < -0.4 is 0 Å². The zero-order valence-electron chi connectivity index (χ0n) is 12.9. The van der Waals surface area contributed by atoms with Crippen molar-refractivity contribution in [3.8, 4) is 6.07 Å². The van der Waals surface area contributed by atoms with E-state index < -0.39 is 0 Å². The van der Waals surface area contributed by atoms with Crippen LogP contribution in [0.15, 0.2) is 39.9 Å². The van der Waals surface area contributed by atoms with Gasteiger partial charge in [-0.15, -0.1) is 0 Å². The molecule has 1 aromatic carbocycles. The van der Waals surface area contributed by atoms with Gasteiger partial charge in [-0.1, -0.05) is 18.2 Å². The first-order chi connectivity index (χ1) is 10.7. The number of nitriles is 1. The highest BCUT2D eigenvalue weighted by Crippen LogP contribution is 2.28. The highest BCUT2D eigenvalue weighted by molar-refractivity contribution is 6.00. The second kappa shape index (κ2) is 5.53. The van der Waals surface area contributed by atoms with Gasteiger partial charge in [-0.3, -0.25) is 0 Å². The molecular weight excluding hydrogens is 274 g/mol. The third kappa shape index (κ3) is 2.21. The Labute approximate surface area is 129 Å². The minimum Gasteiger partial charge on any atom is -0.442 e. The van der Waals surface area contributed by atoms with Gasteiger partial charge >= 0.3 is 0 Å². The molecule has 0 fully saturated rings. The van der Waals surface area contributed by atoms with Gasteiger partial charge in [0.15, 0.2) is 0 Å². The lowest BCUT2D eigenvalue weighted by Gasteiger charge is -1.97. The minimum absolute atomic E-state index is 0.380. The Morgan fingerprint density at radius 3 is 2.82 bits per heavy atom. The van der Waals surface area contributed by atoms with Gasteiger partial charge in [-0.25, -0.2) is 4.99 Å². The average Bonchev–Trinajstić information content (AvgIpc) is 3.03. The van der Waals surface area contributed by atoms with E-state index in [1.165, 1.54) is 5.52 Å². The van der Waals surface area contributed by atoms with E-state index in [4.69, 9.17) is 4.42 Å². The number of para-hydroxylation sites is 1. The smallest absolute Gasteiger partial charge is 0.237 e. The van der Waals surface area contributed by atoms with Gasteiger partial charge in [0.25, 0.3) is 0 Å². The molecule has 3 aromatic rings. The Kier molecular flexibility index (Phi) is 3.56. The zero-order chi connectivity index (χ0) is 15.7. The molecule has 4 nitrogen and oxygen atoms in total. The molecule has 110 valence electrons. The molecule has 0 saturated carbocycles. The van der Waals surface area contributed by atoms with Crippen LogP contribution in [0.5, 0.6) is 0 Å². The van der Waals surface area contributed by atoms with E-state index in [0.717, 1.165) is 28.8 Å². The Morgan fingerprint density at radius 2 is 2.09 bits per heavy atom. The Balaban J connectivity index is 2.07. The van der Waals surface area contributed by atoms with Crippen molar-refractivity contribution in [3.05, 3.63) is 52.9 Å². The molecule has 3 rings (SSSR count). The van der Waals surface area contributed by atoms with Gasteiger partial charge < -0.3 is 8.98 Å². The summed E-state index contributed by atoms with van der Waals surface area (Å²) in [7, 11) is 0. The van der Waals surface area contributed by atoms with Gasteiger partial charge in [0.2, 0.25) is 5.88 Å². The lowest BCUT2D eigenvalue weighted by Crippen LogP contribution is -1.89. The molecule has 0 aliphatic heterocycles. The SMILES string of the molecule is CCn1cc(/C=N/c2oc(C)c(C)c2C#N)c2ccccc21. The van der Waals surface area contributed by atoms with Crippen LogP contribution in [-0.2, 0) is 6.54 Å². The third-order valence-electron chi connectivity index (χ3n) is 3.96. The lowest BCUT2D eigenvalue weighted by atomic mass is 10.2. The summed E-state index contributed by atoms with van der Waals surface area (Å²) in [6, 6.07) is 10.4. The first-order valence-corrected chi connectivity index (χ1v) is 7.27. The predicted molar refractivity (Wildman–Crippen MR) is 87.8 cm³/mol. The molecule has 0 aliphatic carbocycles. The van der Waals surface area contributed by atoms with Crippen molar-refractivity contribution in [1.82, 2.24) is 4.57 Å². The summed E-state index contributed by atoms with van der Waals surface area (Å²) in [6.07, 6.45) is 3.84. The summed E-state index contributed by atoms with van der Waals surface area (Å²) < 4.78 is 7.76. The fraction of sp³-hybridized carbons (Fsp3) is 0.222. The fourth-order valence-corrected chi connectivity index (χ4v) is 2.60. The van der Waals surface area contributed by atoms with Crippen LogP contribution in [0.1, 0.15) is 29.4 Å². The molecule has 0 bridgehead atoms. The van der Waals surface area contributed by atoms with Crippen LogP contribution in [0, 0.1) is 25.2 Å². The Hall–Kier alpha value is -2.80. The number of furan rings is 1. The quantitative estimate of drug-likeness (QED) is 0.667. The second-order valence-electron chi connectivity index (χ2n) is 5.22. The molecule has 4 heteroatoms. The maximum absolute atomic E-state index is 9.24. The number of nitrogens with zero attached hydrogens (tertiary/aromatic N) is 3. The number of rotatable bonds is 3. The molecule has 0 atom stereocenters. The largest absolute Gasteiger partial charge is 0.442 e. The number of aryl methyl sites for hydroxylation is 2. The highest BCUT2D eigenvalue weighted by Gasteiger charge is 2.13. The van der Waals surface area contributed by atoms with Crippen LogP contribution in [0.3, 0.4) is 0 Å². The zero-order valence-corrected chi connectivity index (χ0v) is 12.9. The predicted octanol–water partition coefficient (Wildman–Crippen LogP) is 4.49. The average molecular weight is 291 g/mol. The number of hydrogen-bond acceptors (Lipinski definition) is 3. The standard InChI is InChI=1S/C18H17N3O/c1-4-21-11-14(15-7-5-6-8-17(15)21)10-20-18-16(9-19)12(2)13(3)22-18/h5-8,10-11H,4H2,1-3H3/b20-10+. The summed E-state index contributed by atoms with van der Waals surface area (Å²) in [5.74, 6) is 1.12.